The minimum absolute atomic E-state index is 0.0798. The highest BCUT2D eigenvalue weighted by molar-refractivity contribution is 5.97. The monoisotopic (exact) mass is 268 g/mol. The molecule has 0 saturated heterocycles. The maximum Gasteiger partial charge on any atom is 0.349 e. The molecule has 0 spiro atoms. The second-order valence-corrected chi connectivity index (χ2v) is 4.52. The molecule has 0 amide bonds. The fourth-order valence-electron chi connectivity index (χ4n) is 1.75. The third-order valence-electron chi connectivity index (χ3n) is 2.53. The summed E-state index contributed by atoms with van der Waals surface area (Å²) in [7, 11) is 1.55. The molecule has 0 aromatic heterocycles. The van der Waals surface area contributed by atoms with Gasteiger partial charge in [0.15, 0.2) is 11.5 Å². The summed E-state index contributed by atoms with van der Waals surface area (Å²) >= 11 is 0. The van der Waals surface area contributed by atoms with Crippen molar-refractivity contribution in [3.05, 3.63) is 17.7 Å². The summed E-state index contributed by atoms with van der Waals surface area (Å²) in [5.41, 5.74) is 0.0930. The highest BCUT2D eigenvalue weighted by atomic mass is 16.7. The quantitative estimate of drug-likeness (QED) is 0.661. The summed E-state index contributed by atoms with van der Waals surface area (Å²) in [4.78, 5) is 12.0. The van der Waals surface area contributed by atoms with Gasteiger partial charge in [-0.15, -0.1) is 0 Å². The molecule has 1 N–H and O–H groups in total. The molecule has 2 rings (SSSR count). The topological polar surface area (TPSA) is 74.2 Å². The average Bonchev–Trinajstić information content (AvgIpc) is 2.31. The molecule has 1 aromatic carbocycles. The lowest BCUT2D eigenvalue weighted by molar-refractivity contribution is -0.128. The Labute approximate surface area is 110 Å². The number of cyclic esters (lactones) is 1. The Morgan fingerprint density at radius 1 is 1.26 bits per heavy atom. The molecular formula is C13H16O6. The van der Waals surface area contributed by atoms with Crippen LogP contribution in [0, 0.1) is 0 Å². The van der Waals surface area contributed by atoms with Crippen LogP contribution in [-0.2, 0) is 9.47 Å². The van der Waals surface area contributed by atoms with Crippen molar-refractivity contribution in [3.8, 4) is 17.2 Å². The van der Waals surface area contributed by atoms with E-state index in [1.807, 2.05) is 0 Å². The Hall–Kier alpha value is -1.95. The number of esters is 1. The minimum Gasteiger partial charge on any atom is -0.504 e. The Morgan fingerprint density at radius 2 is 2.00 bits per heavy atom. The zero-order valence-corrected chi connectivity index (χ0v) is 11.1. The first-order valence-electron chi connectivity index (χ1n) is 5.84. The van der Waals surface area contributed by atoms with Gasteiger partial charge in [-0.2, -0.15) is 0 Å². The summed E-state index contributed by atoms with van der Waals surface area (Å²) in [6, 6.07) is 2.91. The van der Waals surface area contributed by atoms with Gasteiger partial charge in [-0.25, -0.2) is 4.79 Å². The van der Waals surface area contributed by atoms with Gasteiger partial charge >= 0.3 is 5.97 Å². The van der Waals surface area contributed by atoms with Gasteiger partial charge in [0.25, 0.3) is 0 Å². The van der Waals surface area contributed by atoms with Crippen molar-refractivity contribution in [3.63, 3.8) is 0 Å². The molecule has 6 heteroatoms. The molecule has 19 heavy (non-hydrogen) atoms. The molecule has 0 unspecified atom stereocenters. The molecule has 1 aliphatic heterocycles. The molecule has 0 atom stereocenters. The molecular weight excluding hydrogens is 252 g/mol. The Balaban J connectivity index is 2.36. The molecule has 6 nitrogen and oxygen atoms in total. The maximum atomic E-state index is 12.0. The lowest BCUT2D eigenvalue weighted by atomic mass is 10.1. The second-order valence-electron chi connectivity index (χ2n) is 4.52. The first-order valence-corrected chi connectivity index (χ1v) is 5.84. The highest BCUT2D eigenvalue weighted by Crippen LogP contribution is 2.42. The third-order valence-corrected chi connectivity index (χ3v) is 2.53. The predicted octanol–water partition coefficient (Wildman–Crippen LogP) is 1.70. The number of phenolic OH excluding ortho intramolecular Hbond substituents is 1. The summed E-state index contributed by atoms with van der Waals surface area (Å²) in [5, 5.41) is 9.79. The van der Waals surface area contributed by atoms with E-state index in [9.17, 15) is 9.90 Å². The van der Waals surface area contributed by atoms with Gasteiger partial charge in [0.05, 0.1) is 6.61 Å². The van der Waals surface area contributed by atoms with E-state index in [2.05, 4.69) is 0 Å². The molecule has 0 fully saturated rings. The van der Waals surface area contributed by atoms with Crippen LogP contribution >= 0.6 is 0 Å². The van der Waals surface area contributed by atoms with E-state index < -0.39 is 11.8 Å². The summed E-state index contributed by atoms with van der Waals surface area (Å²) in [6.07, 6.45) is 0. The fraction of sp³-hybridized carbons (Fsp3) is 0.462. The van der Waals surface area contributed by atoms with E-state index in [1.165, 1.54) is 12.1 Å². The van der Waals surface area contributed by atoms with Gasteiger partial charge in [-0.3, -0.25) is 0 Å². The van der Waals surface area contributed by atoms with E-state index in [-0.39, 0.29) is 23.7 Å². The second kappa shape index (κ2) is 4.97. The van der Waals surface area contributed by atoms with Gasteiger partial charge in [0, 0.05) is 21.0 Å². The van der Waals surface area contributed by atoms with Crippen molar-refractivity contribution < 1.29 is 28.8 Å². The summed E-state index contributed by atoms with van der Waals surface area (Å²) in [6.45, 7) is 3.85. The van der Waals surface area contributed by atoms with E-state index in [4.69, 9.17) is 18.9 Å². The number of carbonyl (C=O) groups is 1. The number of ether oxygens (including phenoxy) is 4. The molecule has 0 aliphatic carbocycles. The van der Waals surface area contributed by atoms with E-state index in [1.54, 1.807) is 21.0 Å². The number of methoxy groups -OCH3 is 1. The molecule has 0 radical (unpaired) electrons. The number of phenols is 1. The number of benzene rings is 1. The Morgan fingerprint density at radius 3 is 2.68 bits per heavy atom. The van der Waals surface area contributed by atoms with Crippen LogP contribution in [0.4, 0.5) is 0 Å². The number of rotatable bonds is 4. The van der Waals surface area contributed by atoms with Crippen LogP contribution in [0.5, 0.6) is 17.2 Å². The van der Waals surface area contributed by atoms with Crippen molar-refractivity contribution in [2.24, 2.45) is 0 Å². The number of aromatic hydroxyl groups is 1. The van der Waals surface area contributed by atoms with Crippen LogP contribution in [0.1, 0.15) is 24.2 Å². The number of fused-ring (bicyclic) bond motifs is 1. The van der Waals surface area contributed by atoms with Crippen LogP contribution in [0.3, 0.4) is 0 Å². The predicted molar refractivity (Wildman–Crippen MR) is 65.6 cm³/mol. The largest absolute Gasteiger partial charge is 0.504 e. The molecule has 1 heterocycles. The smallest absolute Gasteiger partial charge is 0.349 e. The van der Waals surface area contributed by atoms with E-state index in [0.717, 1.165) is 0 Å². The van der Waals surface area contributed by atoms with E-state index in [0.29, 0.717) is 12.4 Å². The van der Waals surface area contributed by atoms with Gasteiger partial charge in [-0.05, 0) is 12.1 Å². The fourth-order valence-corrected chi connectivity index (χ4v) is 1.75. The zero-order valence-electron chi connectivity index (χ0n) is 11.1. The standard InChI is InChI=1S/C13H16O6/c1-13(2)18-11-8(14)4-5-9(17-7-6-16-3)10(11)12(15)19-13/h4-5,14H,6-7H2,1-3H3. The minimum atomic E-state index is -1.12. The number of carbonyl (C=O) groups excluding carboxylic acids is 1. The molecule has 0 bridgehead atoms. The Bertz CT molecular complexity index is 494. The molecule has 1 aliphatic rings. The molecule has 0 saturated carbocycles. The first kappa shape index (κ1) is 13.5. The number of hydrogen-bond donors (Lipinski definition) is 1. The summed E-state index contributed by atoms with van der Waals surface area (Å²) in [5.74, 6) is -1.46. The van der Waals surface area contributed by atoms with Gasteiger partial charge < -0.3 is 24.1 Å². The van der Waals surface area contributed by atoms with Crippen LogP contribution in [0.25, 0.3) is 0 Å². The third kappa shape index (κ3) is 2.73. The average molecular weight is 268 g/mol. The van der Waals surface area contributed by atoms with Crippen LogP contribution in [0.15, 0.2) is 12.1 Å². The normalized spacial score (nSPS) is 16.3. The Kier molecular flexibility index (Phi) is 3.53. The van der Waals surface area contributed by atoms with Crippen molar-refractivity contribution in [1.82, 2.24) is 0 Å². The van der Waals surface area contributed by atoms with Crippen molar-refractivity contribution >= 4 is 5.97 Å². The molecule has 104 valence electrons. The molecule has 1 aromatic rings. The zero-order chi connectivity index (χ0) is 14.0. The summed E-state index contributed by atoms with van der Waals surface area (Å²) < 4.78 is 20.9. The van der Waals surface area contributed by atoms with Crippen molar-refractivity contribution in [1.29, 1.82) is 0 Å². The van der Waals surface area contributed by atoms with Gasteiger partial charge in [0.1, 0.15) is 17.9 Å². The van der Waals surface area contributed by atoms with Gasteiger partial charge in [0.2, 0.25) is 5.79 Å². The van der Waals surface area contributed by atoms with Gasteiger partial charge in [-0.1, -0.05) is 0 Å². The SMILES string of the molecule is COCCOc1ccc(O)c2c1C(=O)OC(C)(C)O2. The lowest BCUT2D eigenvalue weighted by Gasteiger charge is -2.32. The highest BCUT2D eigenvalue weighted by Gasteiger charge is 2.38. The van der Waals surface area contributed by atoms with Crippen molar-refractivity contribution in [2.75, 3.05) is 20.3 Å². The maximum absolute atomic E-state index is 12.0. The lowest BCUT2D eigenvalue weighted by Crippen LogP contribution is -2.39. The number of hydrogen-bond acceptors (Lipinski definition) is 6. The van der Waals surface area contributed by atoms with E-state index >= 15 is 0 Å². The first-order chi connectivity index (χ1) is 8.94. The van der Waals surface area contributed by atoms with Crippen molar-refractivity contribution in [2.45, 2.75) is 19.6 Å². The van der Waals surface area contributed by atoms with Crippen LogP contribution in [0.2, 0.25) is 0 Å². The van der Waals surface area contributed by atoms with Crippen LogP contribution < -0.4 is 9.47 Å². The van der Waals surface area contributed by atoms with Crippen LogP contribution in [-0.4, -0.2) is 37.2 Å².